The number of nitrogens with one attached hydrogen (secondary N) is 1. The van der Waals surface area contributed by atoms with Crippen LogP contribution in [0.4, 0.5) is 4.39 Å². The molecule has 0 radical (unpaired) electrons. The first kappa shape index (κ1) is 24.6. The zero-order valence-electron chi connectivity index (χ0n) is 19.1. The van der Waals surface area contributed by atoms with Crippen molar-refractivity contribution in [1.29, 1.82) is 0 Å². The molecule has 0 saturated heterocycles. The van der Waals surface area contributed by atoms with Crippen LogP contribution in [0.1, 0.15) is 59.3 Å². The number of amides is 1. The van der Waals surface area contributed by atoms with Crippen LogP contribution in [-0.2, 0) is 4.79 Å². The monoisotopic (exact) mass is 425 g/mol. The highest BCUT2D eigenvalue weighted by Gasteiger charge is 2.10. The highest BCUT2D eigenvalue weighted by atomic mass is 19.1. The summed E-state index contributed by atoms with van der Waals surface area (Å²) in [4.78, 5) is 11.7. The molecule has 2 aromatic rings. The first-order chi connectivity index (χ1) is 15.0. The van der Waals surface area contributed by atoms with Gasteiger partial charge in [-0.15, -0.1) is 0 Å². The fourth-order valence-corrected chi connectivity index (χ4v) is 3.23. The van der Waals surface area contributed by atoms with Gasteiger partial charge in [0.15, 0.2) is 5.83 Å². The quantitative estimate of drug-likeness (QED) is 0.211. The highest BCUT2D eigenvalue weighted by Crippen LogP contribution is 2.21. The van der Waals surface area contributed by atoms with Crippen LogP contribution in [0.2, 0.25) is 0 Å². The lowest BCUT2D eigenvalue weighted by Crippen LogP contribution is -2.27. The Morgan fingerprint density at radius 2 is 1.74 bits per heavy atom. The summed E-state index contributed by atoms with van der Waals surface area (Å²) in [5, 5.41) is 5.03. The molecule has 0 aliphatic carbocycles. The molecule has 0 bridgehead atoms. The number of carbonyl (C=O) groups excluding carboxylic acids is 1. The number of halogens is 1. The second-order valence-electron chi connectivity index (χ2n) is 8.42. The van der Waals surface area contributed by atoms with Gasteiger partial charge in [0.2, 0.25) is 0 Å². The first-order valence-electron chi connectivity index (χ1n) is 11.4. The number of allylic oxidation sites excluding steroid dienone is 3. The molecule has 4 heteroatoms. The zero-order valence-corrected chi connectivity index (χ0v) is 19.1. The predicted octanol–water partition coefficient (Wildman–Crippen LogP) is 7.13. The molecule has 0 aromatic heterocycles. The van der Waals surface area contributed by atoms with Crippen molar-refractivity contribution in [3.05, 3.63) is 66.0 Å². The summed E-state index contributed by atoms with van der Waals surface area (Å²) in [7, 11) is 0. The van der Waals surface area contributed by atoms with Gasteiger partial charge in [0.25, 0.3) is 5.91 Å². The Balaban J connectivity index is 1.54. The van der Waals surface area contributed by atoms with E-state index in [2.05, 4.69) is 29.6 Å². The molecule has 168 valence electrons. The molecule has 31 heavy (non-hydrogen) atoms. The Morgan fingerprint density at radius 1 is 1.03 bits per heavy atom. The Kier molecular flexibility index (Phi) is 10.8. The van der Waals surface area contributed by atoms with E-state index in [0.29, 0.717) is 18.0 Å². The van der Waals surface area contributed by atoms with E-state index in [4.69, 9.17) is 4.74 Å². The van der Waals surface area contributed by atoms with E-state index >= 15 is 0 Å². The van der Waals surface area contributed by atoms with Gasteiger partial charge in [-0.1, -0.05) is 75.6 Å². The summed E-state index contributed by atoms with van der Waals surface area (Å²) >= 11 is 0. The summed E-state index contributed by atoms with van der Waals surface area (Å²) in [6, 6.07) is 14.5. The molecule has 0 spiro atoms. The van der Waals surface area contributed by atoms with E-state index in [9.17, 15) is 9.18 Å². The Bertz CT molecular complexity index is 886. The molecule has 0 unspecified atom stereocenters. The lowest BCUT2D eigenvalue weighted by atomic mass is 10.1. The van der Waals surface area contributed by atoms with E-state index < -0.39 is 11.7 Å². The van der Waals surface area contributed by atoms with Crippen molar-refractivity contribution in [3.8, 4) is 5.75 Å². The third-order valence-corrected chi connectivity index (χ3v) is 5.09. The van der Waals surface area contributed by atoms with Crippen molar-refractivity contribution in [2.24, 2.45) is 5.92 Å². The molecule has 0 aliphatic heterocycles. The number of unbranched alkanes of at least 4 members (excludes halogenated alkanes) is 5. The van der Waals surface area contributed by atoms with Gasteiger partial charge in [-0.2, -0.15) is 0 Å². The van der Waals surface area contributed by atoms with Crippen molar-refractivity contribution >= 4 is 16.7 Å². The van der Waals surface area contributed by atoms with Gasteiger partial charge in [-0.3, -0.25) is 4.79 Å². The van der Waals surface area contributed by atoms with E-state index in [-0.39, 0.29) is 0 Å². The third kappa shape index (κ3) is 9.37. The lowest BCUT2D eigenvalue weighted by Gasteiger charge is -2.07. The average molecular weight is 426 g/mol. The van der Waals surface area contributed by atoms with Crippen molar-refractivity contribution in [1.82, 2.24) is 5.32 Å². The van der Waals surface area contributed by atoms with Crippen molar-refractivity contribution in [3.63, 3.8) is 0 Å². The lowest BCUT2D eigenvalue weighted by molar-refractivity contribution is -0.119. The number of ether oxygens (including phenoxy) is 1. The summed E-state index contributed by atoms with van der Waals surface area (Å²) in [6.45, 7) is 6.81. The molecule has 0 atom stereocenters. The molecule has 1 N–H and O–H groups in total. The van der Waals surface area contributed by atoms with Crippen LogP contribution in [0.5, 0.6) is 5.75 Å². The van der Waals surface area contributed by atoms with Crippen molar-refractivity contribution < 1.29 is 13.9 Å². The average Bonchev–Trinajstić information content (AvgIpc) is 2.77. The molecule has 0 heterocycles. The molecule has 2 aromatic carbocycles. The van der Waals surface area contributed by atoms with Crippen LogP contribution in [0.25, 0.3) is 10.8 Å². The molecular weight excluding hydrogens is 389 g/mol. The second kappa shape index (κ2) is 13.6. The van der Waals surface area contributed by atoms with Crippen LogP contribution in [0.3, 0.4) is 0 Å². The number of hydrogen-bond acceptors (Lipinski definition) is 2. The standard InChI is InChI=1S/C27H36FNO2/c1-21(2)20-29-27(30)26(28)22(3)13-9-7-5-4-6-8-12-18-31-25-17-16-23-14-10-11-15-24(23)19-25/h9-11,13-17,19,21H,4-8,12,18,20H2,1-3H3,(H,29,30)/b13-9+,26-22-. The second-order valence-corrected chi connectivity index (χ2v) is 8.42. The van der Waals surface area contributed by atoms with Gasteiger partial charge in [0, 0.05) is 6.54 Å². The largest absolute Gasteiger partial charge is 0.494 e. The molecule has 1 amide bonds. The topological polar surface area (TPSA) is 38.3 Å². The molecule has 0 saturated carbocycles. The molecule has 0 fully saturated rings. The van der Waals surface area contributed by atoms with Crippen LogP contribution < -0.4 is 10.1 Å². The molecule has 3 nitrogen and oxygen atoms in total. The number of fused-ring (bicyclic) bond motifs is 1. The van der Waals surface area contributed by atoms with Gasteiger partial charge >= 0.3 is 0 Å². The molecule has 0 aliphatic rings. The minimum atomic E-state index is -0.691. The molecule has 2 rings (SSSR count). The number of hydrogen-bond donors (Lipinski definition) is 1. The SMILES string of the molecule is CC(/C=C/CCCCCCCOc1ccc2ccccc2c1)=C(/F)C(=O)NCC(C)C. The fraction of sp³-hybridized carbons (Fsp3) is 0.444. The van der Waals surface area contributed by atoms with Gasteiger partial charge in [-0.25, -0.2) is 4.39 Å². The van der Waals surface area contributed by atoms with E-state index in [1.165, 1.54) is 10.8 Å². The third-order valence-electron chi connectivity index (χ3n) is 5.09. The maximum Gasteiger partial charge on any atom is 0.280 e. The minimum absolute atomic E-state index is 0.304. The normalized spacial score (nSPS) is 12.4. The Morgan fingerprint density at radius 3 is 2.52 bits per heavy atom. The van der Waals surface area contributed by atoms with E-state index in [1.54, 1.807) is 13.0 Å². The Labute approximate surface area is 186 Å². The number of rotatable bonds is 13. The highest BCUT2D eigenvalue weighted by molar-refractivity contribution is 5.92. The van der Waals surface area contributed by atoms with E-state index in [1.807, 2.05) is 38.1 Å². The molecular formula is C27H36FNO2. The van der Waals surface area contributed by atoms with E-state index in [0.717, 1.165) is 50.9 Å². The zero-order chi connectivity index (χ0) is 22.5. The summed E-state index contributed by atoms with van der Waals surface area (Å²) in [6.07, 6.45) is 10.1. The van der Waals surface area contributed by atoms with Gasteiger partial charge in [0.05, 0.1) is 6.61 Å². The van der Waals surface area contributed by atoms with Crippen molar-refractivity contribution in [2.45, 2.75) is 59.3 Å². The maximum atomic E-state index is 14.0. The van der Waals surface area contributed by atoms with Crippen LogP contribution in [0.15, 0.2) is 66.0 Å². The van der Waals surface area contributed by atoms with Crippen molar-refractivity contribution in [2.75, 3.05) is 13.2 Å². The first-order valence-corrected chi connectivity index (χ1v) is 11.4. The minimum Gasteiger partial charge on any atom is -0.494 e. The van der Waals surface area contributed by atoms with Gasteiger partial charge in [0.1, 0.15) is 5.75 Å². The summed E-state index contributed by atoms with van der Waals surface area (Å²) in [5.41, 5.74) is 0.382. The van der Waals surface area contributed by atoms with Gasteiger partial charge in [-0.05, 0) is 60.6 Å². The Hall–Kier alpha value is -2.62. The van der Waals surface area contributed by atoms with Crippen LogP contribution >= 0.6 is 0 Å². The number of benzene rings is 2. The summed E-state index contributed by atoms with van der Waals surface area (Å²) in [5.74, 6) is -0.0831. The summed E-state index contributed by atoms with van der Waals surface area (Å²) < 4.78 is 19.9. The predicted molar refractivity (Wildman–Crippen MR) is 128 cm³/mol. The maximum absolute atomic E-state index is 14.0. The fourth-order valence-electron chi connectivity index (χ4n) is 3.23. The van der Waals surface area contributed by atoms with Crippen LogP contribution in [-0.4, -0.2) is 19.1 Å². The van der Waals surface area contributed by atoms with Crippen LogP contribution in [0, 0.1) is 5.92 Å². The smallest absolute Gasteiger partial charge is 0.280 e. The number of carbonyl (C=O) groups is 1. The van der Waals surface area contributed by atoms with Gasteiger partial charge < -0.3 is 10.1 Å².